The predicted molar refractivity (Wildman–Crippen MR) is 72.3 cm³/mol. The van der Waals surface area contributed by atoms with Gasteiger partial charge in [0.1, 0.15) is 0 Å². The van der Waals surface area contributed by atoms with Crippen LogP contribution in [0, 0.1) is 0 Å². The van der Waals surface area contributed by atoms with Crippen molar-refractivity contribution in [3.05, 3.63) is 23.2 Å². The number of nitrogens with one attached hydrogen (secondary N) is 2. The second-order valence-electron chi connectivity index (χ2n) is 2.67. The molecule has 6 N–H and O–H groups in total. The quantitative estimate of drug-likeness (QED) is 0.606. The minimum atomic E-state index is 0.143. The lowest BCUT2D eigenvalue weighted by Gasteiger charge is -2.09. The number of thiocarbonyl (C=S) groups is 2. The van der Waals surface area contributed by atoms with Gasteiger partial charge in [-0.3, -0.25) is 0 Å². The zero-order chi connectivity index (χ0) is 11.4. The van der Waals surface area contributed by atoms with Gasteiger partial charge < -0.3 is 22.1 Å². The van der Waals surface area contributed by atoms with Crippen LogP contribution in [0.1, 0.15) is 0 Å². The first kappa shape index (κ1) is 12.0. The van der Waals surface area contributed by atoms with E-state index in [1.807, 2.05) is 0 Å². The Morgan fingerprint density at radius 1 is 1.13 bits per heavy atom. The maximum absolute atomic E-state index is 5.91. The van der Waals surface area contributed by atoms with Gasteiger partial charge in [-0.15, -0.1) is 0 Å². The number of anilines is 2. The van der Waals surface area contributed by atoms with Crippen molar-refractivity contribution < 1.29 is 0 Å². The van der Waals surface area contributed by atoms with Crippen LogP contribution in [0.2, 0.25) is 5.02 Å². The van der Waals surface area contributed by atoms with E-state index in [1.54, 1.807) is 18.2 Å². The van der Waals surface area contributed by atoms with Crippen LogP contribution < -0.4 is 22.1 Å². The average Bonchev–Trinajstić information content (AvgIpc) is 2.09. The Labute approximate surface area is 103 Å². The molecule has 0 saturated carbocycles. The molecule has 0 atom stereocenters. The highest BCUT2D eigenvalue weighted by Crippen LogP contribution is 2.25. The molecular weight excluding hydrogens is 252 g/mol. The van der Waals surface area contributed by atoms with Crippen LogP contribution in [-0.2, 0) is 0 Å². The van der Waals surface area contributed by atoms with Crippen molar-refractivity contribution in [2.45, 2.75) is 0 Å². The van der Waals surface area contributed by atoms with Crippen molar-refractivity contribution in [1.29, 1.82) is 0 Å². The summed E-state index contributed by atoms with van der Waals surface area (Å²) in [5.74, 6) is 0. The highest BCUT2D eigenvalue weighted by atomic mass is 35.5. The molecule has 0 aliphatic rings. The van der Waals surface area contributed by atoms with Gasteiger partial charge in [0, 0.05) is 5.69 Å². The first-order valence-electron chi connectivity index (χ1n) is 3.91. The number of hydrogen-bond donors (Lipinski definition) is 4. The third-order valence-electron chi connectivity index (χ3n) is 1.49. The van der Waals surface area contributed by atoms with E-state index < -0.39 is 0 Å². The van der Waals surface area contributed by atoms with Crippen molar-refractivity contribution in [2.75, 3.05) is 10.6 Å². The molecule has 0 saturated heterocycles. The predicted octanol–water partition coefficient (Wildman–Crippen LogP) is 1.65. The van der Waals surface area contributed by atoms with Gasteiger partial charge in [0.05, 0.1) is 10.7 Å². The smallest absolute Gasteiger partial charge is 0.168 e. The molecule has 0 aliphatic carbocycles. The Kier molecular flexibility index (Phi) is 4.07. The number of hydrogen-bond acceptors (Lipinski definition) is 2. The number of benzene rings is 1. The van der Waals surface area contributed by atoms with Crippen molar-refractivity contribution in [3.8, 4) is 0 Å². The molecule has 0 aromatic heterocycles. The summed E-state index contributed by atoms with van der Waals surface area (Å²) in [5, 5.41) is 6.34. The lowest BCUT2D eigenvalue weighted by Crippen LogP contribution is -2.20. The summed E-state index contributed by atoms with van der Waals surface area (Å²) in [6, 6.07) is 5.13. The van der Waals surface area contributed by atoms with Crippen molar-refractivity contribution in [1.82, 2.24) is 0 Å². The minimum Gasteiger partial charge on any atom is -0.376 e. The van der Waals surface area contributed by atoms with Crippen LogP contribution in [0.25, 0.3) is 0 Å². The summed E-state index contributed by atoms with van der Waals surface area (Å²) in [4.78, 5) is 0. The molecule has 0 fully saturated rings. The first-order valence-corrected chi connectivity index (χ1v) is 5.11. The topological polar surface area (TPSA) is 76.1 Å². The van der Waals surface area contributed by atoms with Gasteiger partial charge in [-0.1, -0.05) is 11.6 Å². The second kappa shape index (κ2) is 5.11. The van der Waals surface area contributed by atoms with Crippen molar-refractivity contribution in [3.63, 3.8) is 0 Å². The summed E-state index contributed by atoms with van der Waals surface area (Å²) in [7, 11) is 0. The van der Waals surface area contributed by atoms with Crippen molar-refractivity contribution >= 4 is 57.6 Å². The molecule has 0 amide bonds. The van der Waals surface area contributed by atoms with Crippen LogP contribution in [0.15, 0.2) is 18.2 Å². The maximum Gasteiger partial charge on any atom is 0.168 e. The minimum absolute atomic E-state index is 0.143. The van der Waals surface area contributed by atoms with E-state index in [0.29, 0.717) is 16.4 Å². The number of halogens is 1. The van der Waals surface area contributed by atoms with Gasteiger partial charge in [0.25, 0.3) is 0 Å². The normalized spacial score (nSPS) is 9.40. The molecule has 4 nitrogen and oxygen atoms in total. The van der Waals surface area contributed by atoms with Crippen LogP contribution in [0.4, 0.5) is 11.4 Å². The van der Waals surface area contributed by atoms with E-state index in [-0.39, 0.29) is 10.2 Å². The van der Waals surface area contributed by atoms with E-state index in [1.165, 1.54) is 0 Å². The Bertz CT molecular complexity index is 408. The third-order valence-corrected chi connectivity index (χ3v) is 2.03. The fourth-order valence-corrected chi connectivity index (χ4v) is 1.37. The molecule has 0 radical (unpaired) electrons. The highest BCUT2D eigenvalue weighted by molar-refractivity contribution is 7.80. The zero-order valence-corrected chi connectivity index (χ0v) is 9.97. The van der Waals surface area contributed by atoms with Gasteiger partial charge in [0.2, 0.25) is 0 Å². The molecule has 1 rings (SSSR count). The molecule has 0 aliphatic heterocycles. The molecule has 0 spiro atoms. The van der Waals surface area contributed by atoms with E-state index >= 15 is 0 Å². The molecule has 15 heavy (non-hydrogen) atoms. The van der Waals surface area contributed by atoms with E-state index in [0.717, 1.165) is 0 Å². The van der Waals surface area contributed by atoms with Gasteiger partial charge in [-0.2, -0.15) is 0 Å². The van der Waals surface area contributed by atoms with Crippen LogP contribution in [-0.4, -0.2) is 10.2 Å². The van der Waals surface area contributed by atoms with Gasteiger partial charge in [0.15, 0.2) is 10.2 Å². The SMILES string of the molecule is NC(=S)Nc1ccc(Cl)c(NC(N)=S)c1. The Morgan fingerprint density at radius 3 is 2.27 bits per heavy atom. The molecule has 0 heterocycles. The van der Waals surface area contributed by atoms with Gasteiger partial charge >= 0.3 is 0 Å². The van der Waals surface area contributed by atoms with Crippen LogP contribution in [0.5, 0.6) is 0 Å². The molecule has 0 bridgehead atoms. The van der Waals surface area contributed by atoms with E-state index in [2.05, 4.69) is 10.6 Å². The fraction of sp³-hybridized carbons (Fsp3) is 0. The standard InChI is InChI=1S/C8H9ClN4S2/c9-5-2-1-4(12-7(10)14)3-6(5)13-8(11)15/h1-3H,(H3,10,12,14)(H3,11,13,15). The Hall–Kier alpha value is -1.11. The highest BCUT2D eigenvalue weighted by Gasteiger charge is 2.02. The average molecular weight is 261 g/mol. The second-order valence-corrected chi connectivity index (χ2v) is 3.96. The van der Waals surface area contributed by atoms with Gasteiger partial charge in [-0.05, 0) is 42.6 Å². The largest absolute Gasteiger partial charge is 0.376 e. The maximum atomic E-state index is 5.91. The molecule has 80 valence electrons. The summed E-state index contributed by atoms with van der Waals surface area (Å²) >= 11 is 15.3. The molecule has 7 heteroatoms. The molecule has 0 unspecified atom stereocenters. The Balaban J connectivity index is 2.94. The summed E-state index contributed by atoms with van der Waals surface area (Å²) in [5.41, 5.74) is 12.0. The monoisotopic (exact) mass is 260 g/mol. The van der Waals surface area contributed by atoms with Crippen LogP contribution >= 0.6 is 36.0 Å². The molecular formula is C8H9ClN4S2. The summed E-state index contributed by atoms with van der Waals surface area (Å²) in [6.07, 6.45) is 0. The lowest BCUT2D eigenvalue weighted by atomic mass is 10.3. The zero-order valence-electron chi connectivity index (χ0n) is 7.58. The van der Waals surface area contributed by atoms with Crippen molar-refractivity contribution in [2.24, 2.45) is 11.5 Å². The molecule has 1 aromatic rings. The Morgan fingerprint density at radius 2 is 1.73 bits per heavy atom. The van der Waals surface area contributed by atoms with E-state index in [9.17, 15) is 0 Å². The fourth-order valence-electron chi connectivity index (χ4n) is 0.974. The molecule has 1 aromatic carbocycles. The van der Waals surface area contributed by atoms with Crippen LogP contribution in [0.3, 0.4) is 0 Å². The third kappa shape index (κ3) is 3.86. The number of rotatable bonds is 2. The van der Waals surface area contributed by atoms with E-state index in [4.69, 9.17) is 47.5 Å². The lowest BCUT2D eigenvalue weighted by molar-refractivity contribution is 1.57. The first-order chi connectivity index (χ1) is 6.99. The number of nitrogens with two attached hydrogens (primary N) is 2. The summed E-state index contributed by atoms with van der Waals surface area (Å²) in [6.45, 7) is 0. The summed E-state index contributed by atoms with van der Waals surface area (Å²) < 4.78 is 0. The van der Waals surface area contributed by atoms with Gasteiger partial charge in [-0.25, -0.2) is 0 Å².